The monoisotopic (exact) mass is 356 g/mol. The lowest BCUT2D eigenvalue weighted by atomic mass is 9.81. The van der Waals surface area contributed by atoms with E-state index in [2.05, 4.69) is 10.6 Å². The number of carbonyl (C=O) groups excluding carboxylic acids is 2. The lowest BCUT2D eigenvalue weighted by molar-refractivity contribution is -0.130. The summed E-state index contributed by atoms with van der Waals surface area (Å²) < 4.78 is 0. The number of benzene rings is 1. The largest absolute Gasteiger partial charge is 0.350 e. The lowest BCUT2D eigenvalue weighted by Crippen LogP contribution is -2.63. The maximum Gasteiger partial charge on any atom is 0.230 e. The molecule has 0 radical (unpaired) electrons. The molecule has 0 aromatic heterocycles. The van der Waals surface area contributed by atoms with Crippen molar-refractivity contribution in [2.24, 2.45) is 0 Å². The number of rotatable bonds is 3. The molecular weight excluding hydrogens is 335 g/mol. The first-order valence-corrected chi connectivity index (χ1v) is 8.37. The van der Waals surface area contributed by atoms with Gasteiger partial charge in [0.25, 0.3) is 0 Å². The molecule has 0 aliphatic carbocycles. The van der Waals surface area contributed by atoms with E-state index in [0.717, 1.165) is 5.56 Å². The van der Waals surface area contributed by atoms with Crippen LogP contribution in [0.2, 0.25) is 10.0 Å². The first-order chi connectivity index (χ1) is 10.5. The fourth-order valence-corrected chi connectivity index (χ4v) is 3.05. The van der Waals surface area contributed by atoms with Crippen molar-refractivity contribution in [3.05, 3.63) is 33.8 Å². The fourth-order valence-electron chi connectivity index (χ4n) is 2.75. The normalized spacial score (nSPS) is 20.8. The van der Waals surface area contributed by atoms with Gasteiger partial charge in [-0.25, -0.2) is 0 Å². The summed E-state index contributed by atoms with van der Waals surface area (Å²) in [5, 5.41) is 6.89. The van der Waals surface area contributed by atoms with Gasteiger partial charge in [0.05, 0.1) is 27.0 Å². The van der Waals surface area contributed by atoms with E-state index in [4.69, 9.17) is 23.2 Å². The minimum Gasteiger partial charge on any atom is -0.350 e. The molecule has 1 aromatic rings. The Morgan fingerprint density at radius 2 is 1.96 bits per heavy atom. The third kappa shape index (κ3) is 3.81. The van der Waals surface area contributed by atoms with Crippen LogP contribution in [0.5, 0.6) is 0 Å². The Balaban J connectivity index is 2.18. The molecule has 1 unspecified atom stereocenters. The average Bonchev–Trinajstić information content (AvgIpc) is 2.44. The Labute approximate surface area is 146 Å². The second kappa shape index (κ2) is 6.33. The second-order valence-corrected chi connectivity index (χ2v) is 7.90. The topological polar surface area (TPSA) is 58.2 Å². The van der Waals surface area contributed by atoms with Crippen molar-refractivity contribution in [2.45, 2.75) is 57.5 Å². The van der Waals surface area contributed by atoms with Gasteiger partial charge in [0.2, 0.25) is 11.8 Å². The highest BCUT2D eigenvalue weighted by Crippen LogP contribution is 2.31. The van der Waals surface area contributed by atoms with Crippen molar-refractivity contribution in [3.8, 4) is 0 Å². The summed E-state index contributed by atoms with van der Waals surface area (Å²) in [4.78, 5) is 24.3. The number of hydrogen-bond donors (Lipinski definition) is 2. The van der Waals surface area contributed by atoms with E-state index >= 15 is 0 Å². The fraction of sp³-hybridized carbons (Fsp3) is 0.529. The Morgan fingerprint density at radius 3 is 2.52 bits per heavy atom. The Bertz CT molecular complexity index is 641. The molecule has 0 bridgehead atoms. The van der Waals surface area contributed by atoms with Crippen LogP contribution >= 0.6 is 23.2 Å². The molecule has 0 saturated carbocycles. The van der Waals surface area contributed by atoms with Crippen LogP contribution < -0.4 is 10.6 Å². The summed E-state index contributed by atoms with van der Waals surface area (Å²) in [6.45, 7) is 7.52. The zero-order valence-corrected chi connectivity index (χ0v) is 15.3. The summed E-state index contributed by atoms with van der Waals surface area (Å²) in [6.07, 6.45) is 1.05. The van der Waals surface area contributed by atoms with Crippen molar-refractivity contribution in [3.63, 3.8) is 0 Å². The maximum absolute atomic E-state index is 12.8. The van der Waals surface area contributed by atoms with Gasteiger partial charge in [0, 0.05) is 6.42 Å². The zero-order chi connectivity index (χ0) is 17.4. The number of piperidine rings is 1. The predicted molar refractivity (Wildman–Crippen MR) is 92.9 cm³/mol. The van der Waals surface area contributed by atoms with Crippen LogP contribution in [0.3, 0.4) is 0 Å². The molecule has 1 aromatic carbocycles. The van der Waals surface area contributed by atoms with Gasteiger partial charge < -0.3 is 10.6 Å². The van der Waals surface area contributed by atoms with Gasteiger partial charge >= 0.3 is 0 Å². The predicted octanol–water partition coefficient (Wildman–Crippen LogP) is 3.44. The molecule has 1 atom stereocenters. The van der Waals surface area contributed by atoms with Crippen molar-refractivity contribution in [1.82, 2.24) is 10.6 Å². The van der Waals surface area contributed by atoms with Crippen molar-refractivity contribution < 1.29 is 9.59 Å². The van der Waals surface area contributed by atoms with Crippen LogP contribution in [0.1, 0.15) is 46.1 Å². The van der Waals surface area contributed by atoms with Crippen molar-refractivity contribution >= 4 is 35.0 Å². The first-order valence-electron chi connectivity index (χ1n) is 7.61. The smallest absolute Gasteiger partial charge is 0.230 e. The molecule has 1 saturated heterocycles. The number of hydrogen-bond acceptors (Lipinski definition) is 2. The van der Waals surface area contributed by atoms with Gasteiger partial charge in [0.1, 0.15) is 0 Å². The zero-order valence-electron chi connectivity index (χ0n) is 13.8. The van der Waals surface area contributed by atoms with E-state index < -0.39 is 11.0 Å². The Morgan fingerprint density at radius 1 is 1.30 bits per heavy atom. The van der Waals surface area contributed by atoms with Crippen molar-refractivity contribution in [2.75, 3.05) is 0 Å². The highest BCUT2D eigenvalue weighted by Gasteiger charge is 2.39. The minimum absolute atomic E-state index is 0.0178. The van der Waals surface area contributed by atoms with Crippen LogP contribution in [0.15, 0.2) is 18.2 Å². The Kier molecular flexibility index (Phi) is 4.97. The number of halogens is 2. The van der Waals surface area contributed by atoms with Crippen LogP contribution in [-0.2, 0) is 15.0 Å². The van der Waals surface area contributed by atoms with Gasteiger partial charge in [-0.05, 0) is 51.8 Å². The van der Waals surface area contributed by atoms with E-state index in [9.17, 15) is 9.59 Å². The average molecular weight is 357 g/mol. The Hall–Kier alpha value is -1.26. The summed E-state index contributed by atoms with van der Waals surface area (Å²) in [5.41, 5.74) is -0.438. The van der Waals surface area contributed by atoms with E-state index in [-0.39, 0.29) is 17.9 Å². The van der Waals surface area contributed by atoms with Crippen LogP contribution in [0, 0.1) is 0 Å². The lowest BCUT2D eigenvalue weighted by Gasteiger charge is -2.41. The molecule has 1 aliphatic rings. The van der Waals surface area contributed by atoms with Gasteiger partial charge in [-0.3, -0.25) is 9.59 Å². The molecular formula is C17H22Cl2N2O2. The van der Waals surface area contributed by atoms with Gasteiger partial charge in [0.15, 0.2) is 0 Å². The highest BCUT2D eigenvalue weighted by molar-refractivity contribution is 6.42. The third-order valence-corrected chi connectivity index (χ3v) is 5.25. The van der Waals surface area contributed by atoms with Gasteiger partial charge in [-0.1, -0.05) is 29.3 Å². The summed E-state index contributed by atoms with van der Waals surface area (Å²) in [7, 11) is 0. The summed E-state index contributed by atoms with van der Waals surface area (Å²) in [5.74, 6) is -0.0886. The van der Waals surface area contributed by atoms with Gasteiger partial charge in [-0.2, -0.15) is 0 Å². The molecule has 126 valence electrons. The third-order valence-electron chi connectivity index (χ3n) is 4.51. The van der Waals surface area contributed by atoms with Crippen LogP contribution in [-0.4, -0.2) is 23.4 Å². The molecule has 2 N–H and O–H groups in total. The van der Waals surface area contributed by atoms with Crippen LogP contribution in [0.4, 0.5) is 0 Å². The number of amides is 2. The first kappa shape index (κ1) is 18.1. The van der Waals surface area contributed by atoms with E-state index in [1.807, 2.05) is 33.8 Å². The van der Waals surface area contributed by atoms with E-state index in [1.54, 1.807) is 12.1 Å². The molecule has 1 heterocycles. The van der Waals surface area contributed by atoms with E-state index in [1.165, 1.54) is 0 Å². The molecule has 0 spiro atoms. The SMILES string of the molecule is CC(C)(C(=O)NC1CCC(=O)NC1(C)C)c1ccc(Cl)c(Cl)c1. The van der Waals surface area contributed by atoms with Gasteiger partial charge in [-0.15, -0.1) is 0 Å². The quantitative estimate of drug-likeness (QED) is 0.871. The molecule has 4 nitrogen and oxygen atoms in total. The summed E-state index contributed by atoms with van der Waals surface area (Å²) in [6, 6.07) is 5.10. The number of nitrogens with one attached hydrogen (secondary N) is 2. The molecule has 2 amide bonds. The molecule has 1 aliphatic heterocycles. The molecule has 2 rings (SSSR count). The van der Waals surface area contributed by atoms with Crippen molar-refractivity contribution in [1.29, 1.82) is 0 Å². The second-order valence-electron chi connectivity index (χ2n) is 7.09. The maximum atomic E-state index is 12.8. The number of carbonyl (C=O) groups is 2. The van der Waals surface area contributed by atoms with Crippen LogP contribution in [0.25, 0.3) is 0 Å². The minimum atomic E-state index is -0.758. The molecule has 1 fully saturated rings. The van der Waals surface area contributed by atoms with E-state index in [0.29, 0.717) is 22.9 Å². The molecule has 6 heteroatoms. The highest BCUT2D eigenvalue weighted by atomic mass is 35.5. The standard InChI is InChI=1S/C17H22Cl2N2O2/c1-16(2,10-5-6-11(18)12(19)9-10)15(23)20-13-7-8-14(22)21-17(13,3)4/h5-6,9,13H,7-8H2,1-4H3,(H,20,23)(H,21,22). The summed E-state index contributed by atoms with van der Waals surface area (Å²) >= 11 is 12.0. The molecule has 23 heavy (non-hydrogen) atoms.